The molecule has 0 atom stereocenters. The van der Waals surface area contributed by atoms with Crippen molar-refractivity contribution in [1.82, 2.24) is 29.9 Å². The second-order valence-corrected chi connectivity index (χ2v) is 9.45. The van der Waals surface area contributed by atoms with E-state index in [2.05, 4.69) is 25.2 Å². The predicted molar refractivity (Wildman–Crippen MR) is 139 cm³/mol. The Morgan fingerprint density at radius 1 is 0.972 bits per heavy atom. The molecule has 0 aliphatic carbocycles. The van der Waals surface area contributed by atoms with Crippen LogP contribution in [0.25, 0.3) is 5.69 Å². The monoisotopic (exact) mass is 521 g/mol. The van der Waals surface area contributed by atoms with Gasteiger partial charge in [0.25, 0.3) is 5.91 Å². The number of halogens is 1. The van der Waals surface area contributed by atoms with Crippen LogP contribution in [0.5, 0.6) is 5.75 Å². The highest BCUT2D eigenvalue weighted by atomic mass is 35.5. The average Bonchev–Trinajstić information content (AvgIpc) is 3.36. The number of carbonyl (C=O) groups excluding carboxylic acids is 1. The third-order valence-electron chi connectivity index (χ3n) is 5.92. The highest BCUT2D eigenvalue weighted by molar-refractivity contribution is 7.98. The Kier molecular flexibility index (Phi) is 7.33. The molecule has 36 heavy (non-hydrogen) atoms. The molecule has 1 aliphatic heterocycles. The van der Waals surface area contributed by atoms with E-state index in [-0.39, 0.29) is 5.91 Å². The van der Waals surface area contributed by atoms with Crippen LogP contribution >= 0.6 is 23.4 Å². The molecule has 0 saturated carbocycles. The molecule has 1 saturated heterocycles. The Hall–Kier alpha value is -3.63. The molecule has 3 heterocycles. The van der Waals surface area contributed by atoms with Crippen molar-refractivity contribution in [3.63, 3.8) is 0 Å². The van der Waals surface area contributed by atoms with Gasteiger partial charge in [0.2, 0.25) is 0 Å². The van der Waals surface area contributed by atoms with Crippen LogP contribution in [-0.2, 0) is 5.75 Å². The quantitative estimate of drug-likeness (QED) is 0.266. The van der Waals surface area contributed by atoms with Crippen LogP contribution in [0, 0.1) is 0 Å². The molecular weight excluding hydrogens is 498 g/mol. The predicted octanol–water partition coefficient (Wildman–Crippen LogP) is 3.97. The third kappa shape index (κ3) is 5.29. The van der Waals surface area contributed by atoms with Crippen molar-refractivity contribution in [2.75, 3.05) is 38.2 Å². The van der Waals surface area contributed by atoms with E-state index >= 15 is 0 Å². The Labute approximate surface area is 218 Å². The zero-order valence-corrected chi connectivity index (χ0v) is 21.2. The lowest BCUT2D eigenvalue weighted by Gasteiger charge is -2.36. The number of piperazine rings is 1. The van der Waals surface area contributed by atoms with Gasteiger partial charge < -0.3 is 14.5 Å². The molecular formula is C25H24ClN7O2S. The van der Waals surface area contributed by atoms with Gasteiger partial charge in [-0.3, -0.25) is 4.79 Å². The third-order valence-corrected chi connectivity index (χ3v) is 7.06. The number of benzene rings is 2. The molecule has 4 aromatic rings. The largest absolute Gasteiger partial charge is 0.497 e. The van der Waals surface area contributed by atoms with Gasteiger partial charge in [-0.1, -0.05) is 28.6 Å². The lowest BCUT2D eigenvalue weighted by molar-refractivity contribution is 0.0740. The summed E-state index contributed by atoms with van der Waals surface area (Å²) in [7, 11) is 1.65. The molecule has 1 amide bonds. The number of thioether (sulfide) groups is 1. The standard InChI is InChI=1S/C25H24ClN7O2S/c1-35-21-9-7-19(8-10-21)31-13-15-32(16-14-31)24(34)23-22(17-36-25-27-11-2-12-28-25)33(30-29-23)20-5-3-18(26)4-6-20/h2-12H,13-17H2,1H3. The molecule has 184 valence electrons. The van der Waals surface area contributed by atoms with Crippen LogP contribution < -0.4 is 9.64 Å². The fraction of sp³-hybridized carbons (Fsp3) is 0.240. The molecule has 0 radical (unpaired) electrons. The minimum absolute atomic E-state index is 0.130. The zero-order chi connectivity index (χ0) is 24.9. The van der Waals surface area contributed by atoms with E-state index in [4.69, 9.17) is 16.3 Å². The summed E-state index contributed by atoms with van der Waals surface area (Å²) in [5.74, 6) is 1.13. The van der Waals surface area contributed by atoms with E-state index in [1.807, 2.05) is 41.3 Å². The first-order valence-electron chi connectivity index (χ1n) is 11.4. The summed E-state index contributed by atoms with van der Waals surface area (Å²) in [4.78, 5) is 26.2. The lowest BCUT2D eigenvalue weighted by Crippen LogP contribution is -2.49. The van der Waals surface area contributed by atoms with Crippen LogP contribution in [-0.4, -0.2) is 69.1 Å². The Balaban J connectivity index is 1.35. The van der Waals surface area contributed by atoms with Crippen molar-refractivity contribution in [3.8, 4) is 11.4 Å². The summed E-state index contributed by atoms with van der Waals surface area (Å²) in [6, 6.07) is 17.0. The summed E-state index contributed by atoms with van der Waals surface area (Å²) < 4.78 is 6.94. The van der Waals surface area contributed by atoms with E-state index in [0.29, 0.717) is 40.4 Å². The first-order chi connectivity index (χ1) is 17.6. The summed E-state index contributed by atoms with van der Waals surface area (Å²) in [5.41, 5.74) is 2.92. The number of aromatic nitrogens is 5. The Morgan fingerprint density at radius 3 is 2.31 bits per heavy atom. The summed E-state index contributed by atoms with van der Waals surface area (Å²) in [6.07, 6.45) is 3.39. The number of hydrogen-bond acceptors (Lipinski definition) is 8. The fourth-order valence-corrected chi connectivity index (χ4v) is 4.91. The number of rotatable bonds is 7. The molecule has 1 aliphatic rings. The maximum absolute atomic E-state index is 13.6. The van der Waals surface area contributed by atoms with Gasteiger partial charge in [0, 0.05) is 55.0 Å². The van der Waals surface area contributed by atoms with Crippen molar-refractivity contribution in [3.05, 3.63) is 83.4 Å². The van der Waals surface area contributed by atoms with Crippen molar-refractivity contribution in [1.29, 1.82) is 0 Å². The SMILES string of the molecule is COc1ccc(N2CCN(C(=O)c3nnn(-c4ccc(Cl)cc4)c3CSc3ncccn3)CC2)cc1. The van der Waals surface area contributed by atoms with Gasteiger partial charge >= 0.3 is 0 Å². The van der Waals surface area contributed by atoms with E-state index in [1.165, 1.54) is 11.8 Å². The van der Waals surface area contributed by atoms with Crippen molar-refractivity contribution in [2.24, 2.45) is 0 Å². The minimum atomic E-state index is -0.130. The number of ether oxygens (including phenoxy) is 1. The molecule has 9 nitrogen and oxygen atoms in total. The maximum Gasteiger partial charge on any atom is 0.276 e. The van der Waals surface area contributed by atoms with Gasteiger partial charge in [0.15, 0.2) is 10.9 Å². The van der Waals surface area contributed by atoms with Gasteiger partial charge in [-0.2, -0.15) is 0 Å². The second-order valence-electron chi connectivity index (χ2n) is 8.07. The minimum Gasteiger partial charge on any atom is -0.497 e. The van der Waals surface area contributed by atoms with Gasteiger partial charge in [-0.05, 0) is 54.6 Å². The molecule has 0 N–H and O–H groups in total. The molecule has 0 bridgehead atoms. The highest BCUT2D eigenvalue weighted by Gasteiger charge is 2.28. The second kappa shape index (κ2) is 11.0. The zero-order valence-electron chi connectivity index (χ0n) is 19.6. The number of methoxy groups -OCH3 is 1. The van der Waals surface area contributed by atoms with Crippen LogP contribution in [0.4, 0.5) is 5.69 Å². The van der Waals surface area contributed by atoms with E-state index < -0.39 is 0 Å². The fourth-order valence-electron chi connectivity index (χ4n) is 3.99. The van der Waals surface area contributed by atoms with E-state index in [9.17, 15) is 4.79 Å². The van der Waals surface area contributed by atoms with Crippen molar-refractivity contribution in [2.45, 2.75) is 10.9 Å². The van der Waals surface area contributed by atoms with Gasteiger partial charge in [0.05, 0.1) is 18.5 Å². The maximum atomic E-state index is 13.6. The molecule has 11 heteroatoms. The highest BCUT2D eigenvalue weighted by Crippen LogP contribution is 2.25. The number of hydrogen-bond donors (Lipinski definition) is 0. The number of amides is 1. The summed E-state index contributed by atoms with van der Waals surface area (Å²) in [5, 5.41) is 9.87. The topological polar surface area (TPSA) is 89.3 Å². The van der Waals surface area contributed by atoms with Crippen LogP contribution in [0.1, 0.15) is 16.2 Å². The first kappa shape index (κ1) is 24.1. The number of carbonyl (C=O) groups is 1. The smallest absolute Gasteiger partial charge is 0.276 e. The van der Waals surface area contributed by atoms with Gasteiger partial charge in [0.1, 0.15) is 5.75 Å². The molecule has 0 spiro atoms. The Bertz CT molecular complexity index is 1310. The van der Waals surface area contributed by atoms with E-state index in [0.717, 1.165) is 30.2 Å². The number of nitrogens with zero attached hydrogens (tertiary/aromatic N) is 7. The summed E-state index contributed by atoms with van der Waals surface area (Å²) >= 11 is 7.50. The average molecular weight is 522 g/mol. The molecule has 0 unspecified atom stereocenters. The molecule has 2 aromatic heterocycles. The van der Waals surface area contributed by atoms with Gasteiger partial charge in [-0.25, -0.2) is 14.6 Å². The van der Waals surface area contributed by atoms with E-state index in [1.54, 1.807) is 42.4 Å². The molecule has 1 fully saturated rings. The van der Waals surface area contributed by atoms with Crippen LogP contribution in [0.2, 0.25) is 5.02 Å². The molecule has 2 aromatic carbocycles. The van der Waals surface area contributed by atoms with Gasteiger partial charge in [-0.15, -0.1) is 5.10 Å². The van der Waals surface area contributed by atoms with Crippen molar-refractivity contribution < 1.29 is 9.53 Å². The molecule has 5 rings (SSSR count). The normalized spacial score (nSPS) is 13.6. The van der Waals surface area contributed by atoms with Crippen LogP contribution in [0.3, 0.4) is 0 Å². The number of anilines is 1. The first-order valence-corrected chi connectivity index (χ1v) is 12.8. The summed E-state index contributed by atoms with van der Waals surface area (Å²) in [6.45, 7) is 2.64. The van der Waals surface area contributed by atoms with Crippen LogP contribution in [0.15, 0.2) is 72.1 Å². The van der Waals surface area contributed by atoms with Crippen molar-refractivity contribution >= 4 is 35.0 Å². The lowest BCUT2D eigenvalue weighted by atomic mass is 10.2. The Morgan fingerprint density at radius 2 is 1.64 bits per heavy atom.